The van der Waals surface area contributed by atoms with Crippen LogP contribution < -0.4 is 4.74 Å². The minimum absolute atomic E-state index is 0.191. The van der Waals surface area contributed by atoms with Crippen LogP contribution in [0, 0.1) is 0 Å². The fourth-order valence-electron chi connectivity index (χ4n) is 2.89. The van der Waals surface area contributed by atoms with Crippen molar-refractivity contribution in [1.82, 2.24) is 4.90 Å². The predicted molar refractivity (Wildman–Crippen MR) is 79.0 cm³/mol. The number of hydrogen-bond donors (Lipinski definition) is 1. The maximum absolute atomic E-state index is 10.7. The Morgan fingerprint density at radius 3 is 3.21 bits per heavy atom. The topological polar surface area (TPSA) is 32.7 Å². The standard InChI is InChI=1S/C15H21NO2S/c1-16-7-9-19-10-13(16)14(17)12-6-2-4-11-5-3-8-18-15(11)12/h2,4,6,13-14,17H,3,5,7-10H2,1H3. The molecule has 0 aliphatic carbocycles. The van der Waals surface area contributed by atoms with Crippen LogP contribution in [-0.4, -0.2) is 47.8 Å². The van der Waals surface area contributed by atoms with Crippen LogP contribution in [-0.2, 0) is 6.42 Å². The second kappa shape index (κ2) is 5.73. The Morgan fingerprint density at radius 2 is 2.37 bits per heavy atom. The molecule has 19 heavy (non-hydrogen) atoms. The molecule has 0 aromatic heterocycles. The number of ether oxygens (including phenoxy) is 1. The summed E-state index contributed by atoms with van der Waals surface area (Å²) >= 11 is 1.92. The molecule has 1 saturated heterocycles. The maximum Gasteiger partial charge on any atom is 0.128 e. The zero-order valence-electron chi connectivity index (χ0n) is 11.3. The van der Waals surface area contributed by atoms with E-state index in [0.717, 1.165) is 48.8 Å². The van der Waals surface area contributed by atoms with Crippen LogP contribution in [0.1, 0.15) is 23.7 Å². The minimum atomic E-state index is -0.453. The van der Waals surface area contributed by atoms with Crippen LogP contribution in [0.4, 0.5) is 0 Å². The molecule has 3 rings (SSSR count). The fraction of sp³-hybridized carbons (Fsp3) is 0.600. The summed E-state index contributed by atoms with van der Waals surface area (Å²) in [7, 11) is 2.10. The lowest BCUT2D eigenvalue weighted by Gasteiger charge is -2.36. The number of para-hydroxylation sites is 1. The van der Waals surface area contributed by atoms with Gasteiger partial charge in [0.25, 0.3) is 0 Å². The molecule has 2 unspecified atom stereocenters. The molecule has 2 heterocycles. The Morgan fingerprint density at radius 1 is 1.47 bits per heavy atom. The van der Waals surface area contributed by atoms with Crippen molar-refractivity contribution < 1.29 is 9.84 Å². The van der Waals surface area contributed by atoms with Gasteiger partial charge in [-0.1, -0.05) is 18.2 Å². The largest absolute Gasteiger partial charge is 0.493 e. The lowest BCUT2D eigenvalue weighted by Crippen LogP contribution is -2.43. The van der Waals surface area contributed by atoms with Crippen molar-refractivity contribution in [3.05, 3.63) is 29.3 Å². The lowest BCUT2D eigenvalue weighted by molar-refractivity contribution is 0.0726. The van der Waals surface area contributed by atoms with E-state index in [-0.39, 0.29) is 6.04 Å². The van der Waals surface area contributed by atoms with Gasteiger partial charge < -0.3 is 9.84 Å². The van der Waals surface area contributed by atoms with E-state index in [1.807, 2.05) is 23.9 Å². The highest BCUT2D eigenvalue weighted by molar-refractivity contribution is 7.99. The van der Waals surface area contributed by atoms with E-state index < -0.39 is 6.10 Å². The number of aryl methyl sites for hydroxylation is 1. The van der Waals surface area contributed by atoms with Crippen LogP contribution in [0.5, 0.6) is 5.75 Å². The van der Waals surface area contributed by atoms with Gasteiger partial charge in [-0.05, 0) is 25.5 Å². The second-order valence-electron chi connectivity index (χ2n) is 5.36. The molecule has 1 aromatic rings. The molecule has 0 spiro atoms. The van der Waals surface area contributed by atoms with Crippen LogP contribution in [0.3, 0.4) is 0 Å². The second-order valence-corrected chi connectivity index (χ2v) is 6.51. The summed E-state index contributed by atoms with van der Waals surface area (Å²) in [4.78, 5) is 2.27. The minimum Gasteiger partial charge on any atom is -0.493 e. The van der Waals surface area contributed by atoms with Gasteiger partial charge in [-0.2, -0.15) is 11.8 Å². The molecule has 2 atom stereocenters. The van der Waals surface area contributed by atoms with Gasteiger partial charge in [-0.25, -0.2) is 0 Å². The number of nitrogens with zero attached hydrogens (tertiary/aromatic N) is 1. The molecular formula is C15H21NO2S. The molecule has 104 valence electrons. The molecule has 0 amide bonds. The molecule has 2 aliphatic rings. The number of likely N-dealkylation sites (N-methyl/N-ethyl adjacent to an activating group) is 1. The molecule has 1 N–H and O–H groups in total. The number of fused-ring (bicyclic) bond motifs is 1. The molecule has 2 aliphatic heterocycles. The Balaban J connectivity index is 1.88. The summed E-state index contributed by atoms with van der Waals surface area (Å²) < 4.78 is 5.82. The highest BCUT2D eigenvalue weighted by Crippen LogP contribution is 2.36. The zero-order chi connectivity index (χ0) is 13.2. The quantitative estimate of drug-likeness (QED) is 0.898. The van der Waals surface area contributed by atoms with Crippen molar-refractivity contribution in [2.75, 3.05) is 31.7 Å². The van der Waals surface area contributed by atoms with Crippen molar-refractivity contribution in [1.29, 1.82) is 0 Å². The SMILES string of the molecule is CN1CCSCC1C(O)c1cccc2c1OCCC2. The van der Waals surface area contributed by atoms with Gasteiger partial charge in [0.2, 0.25) is 0 Å². The summed E-state index contributed by atoms with van der Waals surface area (Å²) in [6.07, 6.45) is 1.68. The Hall–Kier alpha value is -0.710. The van der Waals surface area contributed by atoms with Crippen molar-refractivity contribution >= 4 is 11.8 Å². The first kappa shape index (κ1) is 13.3. The number of thioether (sulfide) groups is 1. The summed E-state index contributed by atoms with van der Waals surface area (Å²) in [6, 6.07) is 6.37. The fourth-order valence-corrected chi connectivity index (χ4v) is 4.15. The third-order valence-electron chi connectivity index (χ3n) is 4.09. The highest BCUT2D eigenvalue weighted by atomic mass is 32.2. The normalized spacial score (nSPS) is 25.5. The summed E-state index contributed by atoms with van der Waals surface area (Å²) in [5.41, 5.74) is 2.21. The first-order chi connectivity index (χ1) is 9.27. The molecular weight excluding hydrogens is 258 g/mol. The van der Waals surface area contributed by atoms with E-state index in [1.165, 1.54) is 5.56 Å². The van der Waals surface area contributed by atoms with Gasteiger partial charge in [-0.3, -0.25) is 4.90 Å². The van der Waals surface area contributed by atoms with E-state index in [4.69, 9.17) is 4.74 Å². The maximum atomic E-state index is 10.7. The first-order valence-corrected chi connectivity index (χ1v) is 8.13. The molecule has 3 nitrogen and oxygen atoms in total. The van der Waals surface area contributed by atoms with Crippen molar-refractivity contribution in [2.24, 2.45) is 0 Å². The van der Waals surface area contributed by atoms with E-state index in [2.05, 4.69) is 18.0 Å². The molecule has 0 bridgehead atoms. The monoisotopic (exact) mass is 279 g/mol. The van der Waals surface area contributed by atoms with Crippen molar-refractivity contribution in [3.8, 4) is 5.75 Å². The smallest absolute Gasteiger partial charge is 0.128 e. The predicted octanol–water partition coefficient (Wildman–Crippen LogP) is 2.09. The summed E-state index contributed by atoms with van der Waals surface area (Å²) in [6.45, 7) is 1.81. The lowest BCUT2D eigenvalue weighted by atomic mass is 9.96. The molecule has 1 aromatic carbocycles. The third kappa shape index (κ3) is 2.62. The van der Waals surface area contributed by atoms with Crippen LogP contribution >= 0.6 is 11.8 Å². The Labute approximate surface area is 118 Å². The van der Waals surface area contributed by atoms with Crippen molar-refractivity contribution in [3.63, 3.8) is 0 Å². The Kier molecular flexibility index (Phi) is 4.01. The average molecular weight is 279 g/mol. The van der Waals surface area contributed by atoms with Crippen molar-refractivity contribution in [2.45, 2.75) is 25.0 Å². The van der Waals surface area contributed by atoms with Crippen LogP contribution in [0.2, 0.25) is 0 Å². The zero-order valence-corrected chi connectivity index (χ0v) is 12.2. The number of hydrogen-bond acceptors (Lipinski definition) is 4. The van der Waals surface area contributed by atoms with E-state index in [1.54, 1.807) is 0 Å². The molecule has 0 radical (unpaired) electrons. The van der Waals surface area contributed by atoms with Gasteiger partial charge in [0.05, 0.1) is 12.7 Å². The molecule has 0 saturated carbocycles. The van der Waals surface area contributed by atoms with Gasteiger partial charge in [0.1, 0.15) is 5.75 Å². The van der Waals surface area contributed by atoms with Crippen LogP contribution in [0.15, 0.2) is 18.2 Å². The van der Waals surface area contributed by atoms with E-state index in [0.29, 0.717) is 0 Å². The third-order valence-corrected chi connectivity index (χ3v) is 5.14. The van der Waals surface area contributed by atoms with E-state index >= 15 is 0 Å². The van der Waals surface area contributed by atoms with Crippen LogP contribution in [0.25, 0.3) is 0 Å². The number of aliphatic hydroxyl groups excluding tert-OH is 1. The molecule has 4 heteroatoms. The summed E-state index contributed by atoms with van der Waals surface area (Å²) in [5, 5.41) is 10.7. The van der Waals surface area contributed by atoms with E-state index in [9.17, 15) is 5.11 Å². The Bertz CT molecular complexity index is 452. The molecule has 1 fully saturated rings. The summed E-state index contributed by atoms with van der Waals surface area (Å²) in [5.74, 6) is 3.08. The van der Waals surface area contributed by atoms with Gasteiger partial charge in [0.15, 0.2) is 0 Å². The average Bonchev–Trinajstić information content (AvgIpc) is 2.46. The first-order valence-electron chi connectivity index (χ1n) is 6.98. The number of benzene rings is 1. The highest BCUT2D eigenvalue weighted by Gasteiger charge is 2.30. The number of rotatable bonds is 2. The van der Waals surface area contributed by atoms with Gasteiger partial charge in [-0.15, -0.1) is 0 Å². The van der Waals surface area contributed by atoms with Gasteiger partial charge in [0, 0.05) is 29.7 Å². The van der Waals surface area contributed by atoms with Gasteiger partial charge >= 0.3 is 0 Å². The number of aliphatic hydroxyl groups is 1.